The summed E-state index contributed by atoms with van der Waals surface area (Å²) in [6.45, 7) is 0. The summed E-state index contributed by atoms with van der Waals surface area (Å²) < 4.78 is 0. The van der Waals surface area contributed by atoms with Gasteiger partial charge in [0.05, 0.1) is 0 Å². The first-order valence-corrected chi connectivity index (χ1v) is 7.54. The number of carbonyl (C=O) groups is 1. The highest BCUT2D eigenvalue weighted by atomic mass is 16.4. The van der Waals surface area contributed by atoms with Crippen molar-refractivity contribution in [3.05, 3.63) is 53.9 Å². The first-order valence-electron chi connectivity index (χ1n) is 7.54. The van der Waals surface area contributed by atoms with Gasteiger partial charge in [0.25, 0.3) is 0 Å². The fraction of sp³-hybridized carbons (Fsp3) is 0.333. The Morgan fingerprint density at radius 2 is 1.76 bits per heavy atom. The molecule has 0 radical (unpaired) electrons. The van der Waals surface area contributed by atoms with Crippen molar-refractivity contribution in [2.75, 3.05) is 0 Å². The molecule has 0 saturated heterocycles. The minimum Gasteiger partial charge on any atom is -0.476 e. The number of hydrogen-bond donors (Lipinski definition) is 1. The lowest BCUT2D eigenvalue weighted by atomic mass is 9.83. The maximum Gasteiger partial charge on any atom is 0.355 e. The SMILES string of the molecule is O=C(O)c1ncccc1-c1ccc(C2CCCCC2)cc1. The van der Waals surface area contributed by atoms with Gasteiger partial charge in [0.15, 0.2) is 5.69 Å². The molecule has 0 bridgehead atoms. The summed E-state index contributed by atoms with van der Waals surface area (Å²) in [6.07, 6.45) is 8.05. The van der Waals surface area contributed by atoms with Gasteiger partial charge < -0.3 is 5.11 Å². The van der Waals surface area contributed by atoms with Gasteiger partial charge in [-0.15, -0.1) is 0 Å². The van der Waals surface area contributed by atoms with Gasteiger partial charge in [-0.25, -0.2) is 9.78 Å². The Hall–Kier alpha value is -2.16. The van der Waals surface area contributed by atoms with Crippen LogP contribution < -0.4 is 0 Å². The summed E-state index contributed by atoms with van der Waals surface area (Å²) in [5, 5.41) is 9.22. The van der Waals surface area contributed by atoms with E-state index < -0.39 is 5.97 Å². The molecule has 2 aromatic rings. The number of pyridine rings is 1. The van der Waals surface area contributed by atoms with Gasteiger partial charge in [-0.3, -0.25) is 0 Å². The summed E-state index contributed by atoms with van der Waals surface area (Å²) >= 11 is 0. The zero-order valence-corrected chi connectivity index (χ0v) is 12.0. The molecular formula is C18H19NO2. The average molecular weight is 281 g/mol. The van der Waals surface area contributed by atoms with E-state index in [-0.39, 0.29) is 5.69 Å². The lowest BCUT2D eigenvalue weighted by Gasteiger charge is -2.22. The van der Waals surface area contributed by atoms with Gasteiger partial charge in [0.2, 0.25) is 0 Å². The zero-order chi connectivity index (χ0) is 14.7. The quantitative estimate of drug-likeness (QED) is 0.901. The third kappa shape index (κ3) is 2.97. The molecule has 1 aromatic heterocycles. The number of hydrogen-bond acceptors (Lipinski definition) is 2. The third-order valence-corrected chi connectivity index (χ3v) is 4.31. The molecule has 0 spiro atoms. The van der Waals surface area contributed by atoms with Gasteiger partial charge in [0.1, 0.15) is 0 Å². The van der Waals surface area contributed by atoms with Gasteiger partial charge >= 0.3 is 5.97 Å². The lowest BCUT2D eigenvalue weighted by Crippen LogP contribution is -2.05. The molecule has 1 aliphatic rings. The van der Waals surface area contributed by atoms with E-state index in [1.807, 2.05) is 18.2 Å². The number of carboxylic acids is 1. The number of aromatic carboxylic acids is 1. The van der Waals surface area contributed by atoms with Crippen molar-refractivity contribution in [3.8, 4) is 11.1 Å². The van der Waals surface area contributed by atoms with Crippen molar-refractivity contribution >= 4 is 5.97 Å². The van der Waals surface area contributed by atoms with Crippen molar-refractivity contribution in [3.63, 3.8) is 0 Å². The number of aromatic nitrogens is 1. The number of carboxylic acid groups (broad SMARTS) is 1. The van der Waals surface area contributed by atoms with Crippen molar-refractivity contribution < 1.29 is 9.90 Å². The summed E-state index contributed by atoms with van der Waals surface area (Å²) in [5.41, 5.74) is 3.09. The molecular weight excluding hydrogens is 262 g/mol. The van der Waals surface area contributed by atoms with Crippen molar-refractivity contribution in [1.29, 1.82) is 0 Å². The molecule has 1 aromatic carbocycles. The smallest absolute Gasteiger partial charge is 0.355 e. The predicted octanol–water partition coefficient (Wildman–Crippen LogP) is 4.49. The van der Waals surface area contributed by atoms with E-state index in [9.17, 15) is 9.90 Å². The van der Waals surface area contributed by atoms with E-state index in [2.05, 4.69) is 17.1 Å². The van der Waals surface area contributed by atoms with E-state index in [0.29, 0.717) is 11.5 Å². The molecule has 3 heteroatoms. The van der Waals surface area contributed by atoms with E-state index in [1.165, 1.54) is 43.9 Å². The van der Waals surface area contributed by atoms with Crippen LogP contribution in [0.3, 0.4) is 0 Å². The molecule has 3 rings (SSSR count). The van der Waals surface area contributed by atoms with E-state index in [4.69, 9.17) is 0 Å². The van der Waals surface area contributed by atoms with Crippen LogP contribution in [0.5, 0.6) is 0 Å². The second-order valence-corrected chi connectivity index (χ2v) is 5.66. The molecule has 0 atom stereocenters. The Morgan fingerprint density at radius 1 is 1.05 bits per heavy atom. The minimum absolute atomic E-state index is 0.114. The molecule has 0 amide bonds. The standard InChI is InChI=1S/C18H19NO2/c20-18(21)17-16(7-4-12-19-17)15-10-8-14(9-11-15)13-5-2-1-3-6-13/h4,7-13H,1-3,5-6H2,(H,20,21). The summed E-state index contributed by atoms with van der Waals surface area (Å²) in [5.74, 6) is -0.317. The van der Waals surface area contributed by atoms with Crippen LogP contribution in [-0.4, -0.2) is 16.1 Å². The highest BCUT2D eigenvalue weighted by Crippen LogP contribution is 2.33. The topological polar surface area (TPSA) is 50.2 Å². The van der Waals surface area contributed by atoms with Crippen molar-refractivity contribution in [1.82, 2.24) is 4.98 Å². The van der Waals surface area contributed by atoms with Gasteiger partial charge in [-0.1, -0.05) is 49.6 Å². The largest absolute Gasteiger partial charge is 0.476 e. The van der Waals surface area contributed by atoms with Crippen molar-refractivity contribution in [2.24, 2.45) is 0 Å². The molecule has 3 nitrogen and oxygen atoms in total. The minimum atomic E-state index is -0.984. The third-order valence-electron chi connectivity index (χ3n) is 4.31. The molecule has 1 fully saturated rings. The van der Waals surface area contributed by atoms with Gasteiger partial charge in [0, 0.05) is 11.8 Å². The highest BCUT2D eigenvalue weighted by molar-refractivity contribution is 5.93. The summed E-state index contributed by atoms with van der Waals surface area (Å²) in [6, 6.07) is 11.9. The number of nitrogens with zero attached hydrogens (tertiary/aromatic N) is 1. The van der Waals surface area contributed by atoms with Crippen molar-refractivity contribution in [2.45, 2.75) is 38.0 Å². The predicted molar refractivity (Wildman–Crippen MR) is 82.5 cm³/mol. The molecule has 0 aliphatic heterocycles. The summed E-state index contributed by atoms with van der Waals surface area (Å²) in [7, 11) is 0. The van der Waals surface area contributed by atoms with Crippen LogP contribution in [0.15, 0.2) is 42.6 Å². The first-order chi connectivity index (χ1) is 10.3. The fourth-order valence-corrected chi connectivity index (χ4v) is 3.18. The van der Waals surface area contributed by atoms with Crippen LogP contribution in [0, 0.1) is 0 Å². The van der Waals surface area contributed by atoms with E-state index in [1.54, 1.807) is 6.07 Å². The van der Waals surface area contributed by atoms with Crippen LogP contribution in [-0.2, 0) is 0 Å². The average Bonchev–Trinajstić information content (AvgIpc) is 2.56. The Morgan fingerprint density at radius 3 is 2.43 bits per heavy atom. The number of benzene rings is 1. The fourth-order valence-electron chi connectivity index (χ4n) is 3.18. The maximum absolute atomic E-state index is 11.2. The Kier molecular flexibility index (Phi) is 4.00. The molecule has 1 heterocycles. The molecule has 1 saturated carbocycles. The van der Waals surface area contributed by atoms with Crippen LogP contribution in [0.4, 0.5) is 0 Å². The molecule has 0 unspecified atom stereocenters. The Labute approximate surface area is 124 Å². The molecule has 1 aliphatic carbocycles. The van der Waals surface area contributed by atoms with Crippen LogP contribution in [0.2, 0.25) is 0 Å². The monoisotopic (exact) mass is 281 g/mol. The van der Waals surface area contributed by atoms with Crippen LogP contribution in [0.25, 0.3) is 11.1 Å². The Bertz CT molecular complexity index is 628. The molecule has 21 heavy (non-hydrogen) atoms. The highest BCUT2D eigenvalue weighted by Gasteiger charge is 2.16. The second kappa shape index (κ2) is 6.08. The maximum atomic E-state index is 11.2. The second-order valence-electron chi connectivity index (χ2n) is 5.66. The Balaban J connectivity index is 1.89. The van der Waals surface area contributed by atoms with Gasteiger partial charge in [-0.05, 0) is 36.0 Å². The zero-order valence-electron chi connectivity index (χ0n) is 12.0. The lowest BCUT2D eigenvalue weighted by molar-refractivity contribution is 0.0691. The van der Waals surface area contributed by atoms with Gasteiger partial charge in [-0.2, -0.15) is 0 Å². The summed E-state index contributed by atoms with van der Waals surface area (Å²) in [4.78, 5) is 15.2. The van der Waals surface area contributed by atoms with E-state index >= 15 is 0 Å². The molecule has 108 valence electrons. The van der Waals surface area contributed by atoms with E-state index in [0.717, 1.165) is 5.56 Å². The normalized spacial score (nSPS) is 15.8. The first kappa shape index (κ1) is 13.8. The molecule has 1 N–H and O–H groups in total. The van der Waals surface area contributed by atoms with Crippen LogP contribution >= 0.6 is 0 Å². The van der Waals surface area contributed by atoms with Crippen LogP contribution in [0.1, 0.15) is 54.1 Å². The number of rotatable bonds is 3.